The van der Waals surface area contributed by atoms with E-state index in [0.717, 1.165) is 4.47 Å². The van der Waals surface area contributed by atoms with E-state index in [2.05, 4.69) is 46.2 Å². The average Bonchev–Trinajstić information content (AvgIpc) is 2.14. The summed E-state index contributed by atoms with van der Waals surface area (Å²) >= 11 is 3.43. The summed E-state index contributed by atoms with van der Waals surface area (Å²) in [4.78, 5) is 0. The van der Waals surface area contributed by atoms with Gasteiger partial charge in [0, 0.05) is 10.5 Å². The Labute approximate surface area is 87.7 Å². The van der Waals surface area contributed by atoms with E-state index < -0.39 is 0 Å². The average molecular weight is 238 g/mol. The topological polar surface area (TPSA) is 12.0 Å². The van der Waals surface area contributed by atoms with Crippen molar-refractivity contribution >= 4 is 15.9 Å². The smallest absolute Gasteiger partial charge is 0.0578 e. The molecule has 0 aliphatic carbocycles. The van der Waals surface area contributed by atoms with Crippen molar-refractivity contribution < 1.29 is 0 Å². The Morgan fingerprint density at radius 2 is 2.38 bits per heavy atom. The summed E-state index contributed by atoms with van der Waals surface area (Å²) in [7, 11) is 0. The molecule has 1 aromatic carbocycles. The van der Waals surface area contributed by atoms with E-state index in [4.69, 9.17) is 6.42 Å². The molecule has 0 bridgehead atoms. The molecule has 2 heteroatoms. The molecule has 1 aromatic rings. The summed E-state index contributed by atoms with van der Waals surface area (Å²) in [6.45, 7) is 2.70. The minimum Gasteiger partial charge on any atom is -0.300 e. The number of hydrogen-bond acceptors (Lipinski definition) is 1. The SMILES string of the molecule is C#CCNC(C)c1cccc(Br)c1. The van der Waals surface area contributed by atoms with Gasteiger partial charge in [0.15, 0.2) is 0 Å². The molecule has 0 fully saturated rings. The van der Waals surface area contributed by atoms with Crippen LogP contribution < -0.4 is 5.32 Å². The summed E-state index contributed by atoms with van der Waals surface area (Å²) in [5.74, 6) is 2.56. The van der Waals surface area contributed by atoms with Crippen LogP contribution in [0.3, 0.4) is 0 Å². The molecule has 1 rings (SSSR count). The van der Waals surface area contributed by atoms with Gasteiger partial charge in [0.2, 0.25) is 0 Å². The molecule has 0 heterocycles. The van der Waals surface area contributed by atoms with Gasteiger partial charge in [-0.3, -0.25) is 5.32 Å². The zero-order valence-corrected chi connectivity index (χ0v) is 9.14. The molecule has 0 saturated heterocycles. The number of nitrogens with one attached hydrogen (secondary N) is 1. The number of hydrogen-bond donors (Lipinski definition) is 1. The van der Waals surface area contributed by atoms with Gasteiger partial charge in [-0.1, -0.05) is 34.0 Å². The molecule has 0 spiro atoms. The molecule has 68 valence electrons. The van der Waals surface area contributed by atoms with E-state index in [1.54, 1.807) is 0 Å². The first-order chi connectivity index (χ1) is 6.24. The maximum atomic E-state index is 5.16. The van der Waals surface area contributed by atoms with Crippen molar-refractivity contribution in [3.05, 3.63) is 34.3 Å². The van der Waals surface area contributed by atoms with Crippen LogP contribution in [-0.2, 0) is 0 Å². The van der Waals surface area contributed by atoms with Gasteiger partial charge in [-0.2, -0.15) is 0 Å². The van der Waals surface area contributed by atoms with E-state index in [0.29, 0.717) is 12.6 Å². The highest BCUT2D eigenvalue weighted by Crippen LogP contribution is 2.17. The van der Waals surface area contributed by atoms with Crippen molar-refractivity contribution in [2.45, 2.75) is 13.0 Å². The minimum atomic E-state index is 0.300. The summed E-state index contributed by atoms with van der Waals surface area (Å²) in [6.07, 6.45) is 5.16. The molecule has 0 amide bonds. The van der Waals surface area contributed by atoms with E-state index in [1.165, 1.54) is 5.56 Å². The van der Waals surface area contributed by atoms with E-state index in [9.17, 15) is 0 Å². The van der Waals surface area contributed by atoms with Crippen molar-refractivity contribution in [2.24, 2.45) is 0 Å². The second-order valence-corrected chi connectivity index (χ2v) is 3.78. The van der Waals surface area contributed by atoms with Crippen LogP contribution in [0.2, 0.25) is 0 Å². The van der Waals surface area contributed by atoms with Gasteiger partial charge in [0.25, 0.3) is 0 Å². The highest BCUT2D eigenvalue weighted by molar-refractivity contribution is 9.10. The fourth-order valence-corrected chi connectivity index (χ4v) is 1.52. The third kappa shape index (κ3) is 3.22. The molecule has 1 atom stereocenters. The van der Waals surface area contributed by atoms with Gasteiger partial charge in [0.05, 0.1) is 6.54 Å². The predicted molar refractivity (Wildman–Crippen MR) is 59.4 cm³/mol. The van der Waals surface area contributed by atoms with Crippen LogP contribution >= 0.6 is 15.9 Å². The first kappa shape index (κ1) is 10.3. The van der Waals surface area contributed by atoms with Crippen molar-refractivity contribution in [3.63, 3.8) is 0 Å². The van der Waals surface area contributed by atoms with Crippen molar-refractivity contribution in [1.82, 2.24) is 5.32 Å². The van der Waals surface area contributed by atoms with E-state index >= 15 is 0 Å². The third-order valence-corrected chi connectivity index (χ3v) is 2.35. The molecule has 0 aromatic heterocycles. The van der Waals surface area contributed by atoms with Gasteiger partial charge in [0.1, 0.15) is 0 Å². The minimum absolute atomic E-state index is 0.300. The summed E-state index contributed by atoms with van der Waals surface area (Å²) in [6, 6.07) is 8.51. The number of terminal acetylenes is 1. The number of benzene rings is 1. The Kier molecular flexibility index (Phi) is 4.01. The van der Waals surface area contributed by atoms with Crippen LogP contribution in [0.25, 0.3) is 0 Å². The summed E-state index contributed by atoms with van der Waals surface area (Å²) in [5.41, 5.74) is 1.24. The second kappa shape index (κ2) is 5.06. The van der Waals surface area contributed by atoms with Gasteiger partial charge < -0.3 is 0 Å². The first-order valence-electron chi connectivity index (χ1n) is 4.16. The molecule has 1 unspecified atom stereocenters. The molecular formula is C11H12BrN. The Morgan fingerprint density at radius 3 is 3.00 bits per heavy atom. The third-order valence-electron chi connectivity index (χ3n) is 1.86. The van der Waals surface area contributed by atoms with Gasteiger partial charge in [-0.05, 0) is 24.6 Å². The summed E-state index contributed by atoms with van der Waals surface area (Å²) in [5, 5.41) is 3.22. The molecule has 1 nitrogen and oxygen atoms in total. The van der Waals surface area contributed by atoms with Crippen molar-refractivity contribution in [2.75, 3.05) is 6.54 Å². The summed E-state index contributed by atoms with van der Waals surface area (Å²) < 4.78 is 1.10. The van der Waals surface area contributed by atoms with Gasteiger partial charge >= 0.3 is 0 Å². The van der Waals surface area contributed by atoms with Crippen LogP contribution in [-0.4, -0.2) is 6.54 Å². The van der Waals surface area contributed by atoms with E-state index in [1.807, 2.05) is 12.1 Å². The Bertz CT molecular complexity index is 314. The fraction of sp³-hybridized carbons (Fsp3) is 0.273. The fourth-order valence-electron chi connectivity index (χ4n) is 1.11. The molecule has 0 saturated carbocycles. The molecule has 1 N–H and O–H groups in total. The zero-order chi connectivity index (χ0) is 9.68. The lowest BCUT2D eigenvalue weighted by Gasteiger charge is -2.12. The van der Waals surface area contributed by atoms with Crippen LogP contribution in [0.15, 0.2) is 28.7 Å². The van der Waals surface area contributed by atoms with Crippen LogP contribution in [0.5, 0.6) is 0 Å². The first-order valence-corrected chi connectivity index (χ1v) is 4.95. The number of rotatable bonds is 3. The lowest BCUT2D eigenvalue weighted by molar-refractivity contribution is 0.623. The van der Waals surface area contributed by atoms with Gasteiger partial charge in [-0.15, -0.1) is 6.42 Å². The maximum Gasteiger partial charge on any atom is 0.0578 e. The maximum absolute atomic E-state index is 5.16. The Balaban J connectivity index is 2.66. The predicted octanol–water partition coefficient (Wildman–Crippen LogP) is 2.73. The number of halogens is 1. The van der Waals surface area contributed by atoms with Gasteiger partial charge in [-0.25, -0.2) is 0 Å². The molecule has 0 radical (unpaired) electrons. The van der Waals surface area contributed by atoms with Crippen LogP contribution in [0, 0.1) is 12.3 Å². The van der Waals surface area contributed by atoms with E-state index in [-0.39, 0.29) is 0 Å². The van der Waals surface area contributed by atoms with Crippen LogP contribution in [0.1, 0.15) is 18.5 Å². The molecule has 0 aliphatic heterocycles. The Hall–Kier alpha value is -0.780. The second-order valence-electron chi connectivity index (χ2n) is 2.86. The quantitative estimate of drug-likeness (QED) is 0.798. The van der Waals surface area contributed by atoms with Crippen molar-refractivity contribution in [3.8, 4) is 12.3 Å². The highest BCUT2D eigenvalue weighted by atomic mass is 79.9. The highest BCUT2D eigenvalue weighted by Gasteiger charge is 2.02. The van der Waals surface area contributed by atoms with Crippen LogP contribution in [0.4, 0.5) is 0 Å². The lowest BCUT2D eigenvalue weighted by atomic mass is 10.1. The molecule has 13 heavy (non-hydrogen) atoms. The molecule has 0 aliphatic rings. The lowest BCUT2D eigenvalue weighted by Crippen LogP contribution is -2.18. The Morgan fingerprint density at radius 1 is 1.62 bits per heavy atom. The zero-order valence-electron chi connectivity index (χ0n) is 7.55. The monoisotopic (exact) mass is 237 g/mol. The molecular weight excluding hydrogens is 226 g/mol. The largest absolute Gasteiger partial charge is 0.300 e. The standard InChI is InChI=1S/C11H12BrN/c1-3-7-13-9(2)10-5-4-6-11(12)8-10/h1,4-6,8-9,13H,7H2,2H3. The van der Waals surface area contributed by atoms with Crippen molar-refractivity contribution in [1.29, 1.82) is 0 Å². The normalized spacial score (nSPS) is 12.1.